The van der Waals surface area contributed by atoms with Crippen LogP contribution < -0.4 is 5.73 Å². The summed E-state index contributed by atoms with van der Waals surface area (Å²) >= 11 is 0. The van der Waals surface area contributed by atoms with Gasteiger partial charge in [0.1, 0.15) is 6.04 Å². The Balaban J connectivity index is 2.34. The molecule has 1 aromatic heterocycles. The molecule has 17 heavy (non-hydrogen) atoms. The number of carboxylic acids is 1. The van der Waals surface area contributed by atoms with E-state index in [0.29, 0.717) is 5.69 Å². The smallest absolute Gasteiger partial charge is 0.320 e. The van der Waals surface area contributed by atoms with Gasteiger partial charge in [-0.2, -0.15) is 0 Å². The fraction of sp³-hybridized carbons (Fsp3) is 0.727. The van der Waals surface area contributed by atoms with Crippen LogP contribution in [0, 0.1) is 0 Å². The van der Waals surface area contributed by atoms with E-state index in [-0.39, 0.29) is 6.42 Å². The average molecular weight is 240 g/mol. The van der Waals surface area contributed by atoms with Crippen molar-refractivity contribution >= 4 is 5.97 Å². The lowest BCUT2D eigenvalue weighted by Gasteiger charge is -2.01. The number of hydrogen-bond donors (Lipinski definition) is 2. The first-order valence-corrected chi connectivity index (χ1v) is 6.01. The van der Waals surface area contributed by atoms with Crippen molar-refractivity contribution in [3.05, 3.63) is 11.9 Å². The first-order valence-electron chi connectivity index (χ1n) is 6.01. The second kappa shape index (κ2) is 7.01. The van der Waals surface area contributed by atoms with Crippen molar-refractivity contribution in [3.8, 4) is 0 Å². The van der Waals surface area contributed by atoms with E-state index in [1.165, 1.54) is 19.3 Å². The number of nitrogens with zero attached hydrogens (tertiary/aromatic N) is 3. The number of aromatic nitrogens is 3. The van der Waals surface area contributed by atoms with Gasteiger partial charge in [-0.05, 0) is 6.42 Å². The summed E-state index contributed by atoms with van der Waals surface area (Å²) in [6.45, 7) is 3.00. The minimum atomic E-state index is -1.01. The third-order valence-electron chi connectivity index (χ3n) is 2.57. The highest BCUT2D eigenvalue weighted by molar-refractivity contribution is 5.73. The third kappa shape index (κ3) is 4.95. The van der Waals surface area contributed by atoms with Crippen LogP contribution in [0.3, 0.4) is 0 Å². The molecule has 1 heterocycles. The normalized spacial score (nSPS) is 12.6. The predicted molar refractivity (Wildman–Crippen MR) is 63.5 cm³/mol. The maximum atomic E-state index is 10.6. The lowest BCUT2D eigenvalue weighted by atomic mass is 10.2. The van der Waals surface area contributed by atoms with E-state index in [4.69, 9.17) is 10.8 Å². The number of carbonyl (C=O) groups is 1. The summed E-state index contributed by atoms with van der Waals surface area (Å²) in [6, 6.07) is -0.903. The molecule has 96 valence electrons. The molecule has 6 heteroatoms. The Morgan fingerprint density at radius 1 is 1.53 bits per heavy atom. The van der Waals surface area contributed by atoms with Crippen molar-refractivity contribution in [1.29, 1.82) is 0 Å². The van der Waals surface area contributed by atoms with Crippen molar-refractivity contribution < 1.29 is 9.90 Å². The van der Waals surface area contributed by atoms with Crippen LogP contribution in [-0.4, -0.2) is 32.1 Å². The molecular weight excluding hydrogens is 220 g/mol. The molecule has 0 aromatic carbocycles. The second-order valence-corrected chi connectivity index (χ2v) is 4.18. The average Bonchev–Trinajstić information content (AvgIpc) is 2.72. The first kappa shape index (κ1) is 13.6. The number of unbranched alkanes of at least 4 members (excludes halogenated alkanes) is 3. The zero-order valence-electron chi connectivity index (χ0n) is 10.2. The Morgan fingerprint density at radius 2 is 2.29 bits per heavy atom. The summed E-state index contributed by atoms with van der Waals surface area (Å²) in [5.41, 5.74) is 6.06. The molecule has 0 aliphatic rings. The Labute approximate surface area is 101 Å². The van der Waals surface area contributed by atoms with E-state index in [0.717, 1.165) is 13.0 Å². The van der Waals surface area contributed by atoms with Crippen LogP contribution in [-0.2, 0) is 17.8 Å². The van der Waals surface area contributed by atoms with Crippen LogP contribution in [0.2, 0.25) is 0 Å². The van der Waals surface area contributed by atoms with Gasteiger partial charge in [0.25, 0.3) is 0 Å². The summed E-state index contributed by atoms with van der Waals surface area (Å²) in [5, 5.41) is 16.5. The topological polar surface area (TPSA) is 94.0 Å². The molecular formula is C11H20N4O2. The Hall–Kier alpha value is -1.43. The molecule has 1 rings (SSSR count). The molecule has 0 saturated heterocycles. The minimum absolute atomic E-state index is 0.226. The lowest BCUT2D eigenvalue weighted by molar-refractivity contribution is -0.138. The fourth-order valence-electron chi connectivity index (χ4n) is 1.55. The predicted octanol–water partition coefficient (Wildman–Crippen LogP) is 0.813. The number of aryl methyl sites for hydroxylation is 1. The van der Waals surface area contributed by atoms with E-state index in [9.17, 15) is 4.79 Å². The van der Waals surface area contributed by atoms with E-state index < -0.39 is 12.0 Å². The monoisotopic (exact) mass is 240 g/mol. The van der Waals surface area contributed by atoms with E-state index in [1.54, 1.807) is 10.9 Å². The lowest BCUT2D eigenvalue weighted by Crippen LogP contribution is -2.32. The van der Waals surface area contributed by atoms with Crippen LogP contribution in [0.15, 0.2) is 6.20 Å². The standard InChI is InChI=1S/C11H20N4O2/c1-2-3-4-5-6-15-8-9(13-14-15)7-10(12)11(16)17/h8,10H,2-7,12H2,1H3,(H,16,17). The van der Waals surface area contributed by atoms with Crippen LogP contribution >= 0.6 is 0 Å². The maximum absolute atomic E-state index is 10.6. The Bertz CT molecular complexity index is 351. The van der Waals surface area contributed by atoms with Gasteiger partial charge in [0.05, 0.1) is 5.69 Å². The molecule has 0 aliphatic carbocycles. The van der Waals surface area contributed by atoms with Crippen molar-refractivity contribution in [1.82, 2.24) is 15.0 Å². The molecule has 0 spiro atoms. The van der Waals surface area contributed by atoms with Gasteiger partial charge < -0.3 is 10.8 Å². The van der Waals surface area contributed by atoms with Gasteiger partial charge in [0, 0.05) is 19.2 Å². The fourth-order valence-corrected chi connectivity index (χ4v) is 1.55. The largest absolute Gasteiger partial charge is 0.480 e. The molecule has 3 N–H and O–H groups in total. The molecule has 0 saturated carbocycles. The summed E-state index contributed by atoms with van der Waals surface area (Å²) in [4.78, 5) is 10.6. The maximum Gasteiger partial charge on any atom is 0.320 e. The summed E-state index contributed by atoms with van der Waals surface area (Å²) in [6.07, 6.45) is 6.68. The Morgan fingerprint density at radius 3 is 2.94 bits per heavy atom. The SMILES string of the molecule is CCCCCCn1cc(CC(N)C(=O)O)nn1. The van der Waals surface area contributed by atoms with Gasteiger partial charge >= 0.3 is 5.97 Å². The van der Waals surface area contributed by atoms with Gasteiger partial charge in [-0.3, -0.25) is 9.48 Å². The number of nitrogens with two attached hydrogens (primary N) is 1. The van der Waals surface area contributed by atoms with Crippen LogP contribution in [0.25, 0.3) is 0 Å². The van der Waals surface area contributed by atoms with E-state index in [2.05, 4.69) is 17.2 Å². The molecule has 0 fully saturated rings. The number of hydrogen-bond acceptors (Lipinski definition) is 4. The molecule has 1 atom stereocenters. The quantitative estimate of drug-likeness (QED) is 0.656. The molecule has 0 radical (unpaired) electrons. The molecule has 1 aromatic rings. The zero-order chi connectivity index (χ0) is 12.7. The van der Waals surface area contributed by atoms with Gasteiger partial charge in [0.15, 0.2) is 0 Å². The van der Waals surface area contributed by atoms with E-state index in [1.807, 2.05) is 0 Å². The van der Waals surface area contributed by atoms with Gasteiger partial charge in [-0.25, -0.2) is 0 Å². The highest BCUT2D eigenvalue weighted by Gasteiger charge is 2.14. The first-order chi connectivity index (χ1) is 8.13. The second-order valence-electron chi connectivity index (χ2n) is 4.18. The summed E-state index contributed by atoms with van der Waals surface area (Å²) in [7, 11) is 0. The van der Waals surface area contributed by atoms with Crippen molar-refractivity contribution in [2.24, 2.45) is 5.73 Å². The van der Waals surface area contributed by atoms with Gasteiger partial charge in [0.2, 0.25) is 0 Å². The number of aliphatic carboxylic acids is 1. The van der Waals surface area contributed by atoms with Gasteiger partial charge in [-0.1, -0.05) is 31.4 Å². The van der Waals surface area contributed by atoms with Crippen molar-refractivity contribution in [2.75, 3.05) is 0 Å². The number of rotatable bonds is 8. The molecule has 0 amide bonds. The van der Waals surface area contributed by atoms with Crippen LogP contribution in [0.5, 0.6) is 0 Å². The third-order valence-corrected chi connectivity index (χ3v) is 2.57. The molecule has 0 aliphatic heterocycles. The van der Waals surface area contributed by atoms with Crippen molar-refractivity contribution in [3.63, 3.8) is 0 Å². The van der Waals surface area contributed by atoms with Crippen LogP contribution in [0.1, 0.15) is 38.3 Å². The molecule has 0 bridgehead atoms. The summed E-state index contributed by atoms with van der Waals surface area (Å²) < 4.78 is 1.75. The number of carboxylic acid groups (broad SMARTS) is 1. The molecule has 1 unspecified atom stereocenters. The molecule has 6 nitrogen and oxygen atoms in total. The zero-order valence-corrected chi connectivity index (χ0v) is 10.2. The Kier molecular flexibility index (Phi) is 5.62. The van der Waals surface area contributed by atoms with E-state index >= 15 is 0 Å². The van der Waals surface area contributed by atoms with Gasteiger partial charge in [-0.15, -0.1) is 5.10 Å². The summed E-state index contributed by atoms with van der Waals surface area (Å²) in [5.74, 6) is -1.01. The van der Waals surface area contributed by atoms with Crippen molar-refractivity contribution in [2.45, 2.75) is 51.6 Å². The van der Waals surface area contributed by atoms with Crippen LogP contribution in [0.4, 0.5) is 0 Å². The minimum Gasteiger partial charge on any atom is -0.480 e. The highest BCUT2D eigenvalue weighted by atomic mass is 16.4. The highest BCUT2D eigenvalue weighted by Crippen LogP contribution is 2.03.